The lowest BCUT2D eigenvalue weighted by molar-refractivity contribution is -0.384. The fraction of sp³-hybridized carbons (Fsp3) is 0.0769. The summed E-state index contributed by atoms with van der Waals surface area (Å²) in [6.07, 6.45) is 1.25. The molecule has 2 N–H and O–H groups in total. The van der Waals surface area contributed by atoms with E-state index in [0.29, 0.717) is 0 Å². The smallest absolute Gasteiger partial charge is 0.293 e. The predicted molar refractivity (Wildman–Crippen MR) is 72.8 cm³/mol. The number of pyridine rings is 1. The summed E-state index contributed by atoms with van der Waals surface area (Å²) in [6.45, 7) is 1.72. The van der Waals surface area contributed by atoms with Crippen molar-refractivity contribution in [2.75, 3.05) is 5.32 Å². The predicted octanol–water partition coefficient (Wildman–Crippen LogP) is 1.84. The first-order chi connectivity index (χ1) is 9.47. The Bertz CT molecular complexity index is 716. The molecular formula is C13H11N3O4. The lowest BCUT2D eigenvalue weighted by atomic mass is 10.2. The van der Waals surface area contributed by atoms with E-state index in [-0.39, 0.29) is 22.5 Å². The molecule has 102 valence electrons. The SMILES string of the molecule is Cc1ccc(NC(=O)c2ccc(=O)[nH]c2)c([N+](=O)[O-])c1. The van der Waals surface area contributed by atoms with Crippen LogP contribution >= 0.6 is 0 Å². The van der Waals surface area contributed by atoms with Crippen molar-refractivity contribution in [3.63, 3.8) is 0 Å². The molecule has 1 heterocycles. The Morgan fingerprint density at radius 3 is 2.65 bits per heavy atom. The van der Waals surface area contributed by atoms with Gasteiger partial charge in [-0.25, -0.2) is 0 Å². The van der Waals surface area contributed by atoms with Gasteiger partial charge in [-0.1, -0.05) is 6.07 Å². The number of rotatable bonds is 3. The lowest BCUT2D eigenvalue weighted by Gasteiger charge is -2.06. The Morgan fingerprint density at radius 2 is 2.05 bits per heavy atom. The topological polar surface area (TPSA) is 105 Å². The van der Waals surface area contributed by atoms with Crippen molar-refractivity contribution in [3.8, 4) is 0 Å². The van der Waals surface area contributed by atoms with Crippen LogP contribution in [-0.2, 0) is 0 Å². The number of aromatic nitrogens is 1. The summed E-state index contributed by atoms with van der Waals surface area (Å²) >= 11 is 0. The molecule has 0 aliphatic heterocycles. The third-order valence-electron chi connectivity index (χ3n) is 2.64. The third kappa shape index (κ3) is 2.89. The first kappa shape index (κ1) is 13.5. The van der Waals surface area contributed by atoms with Crippen molar-refractivity contribution in [2.24, 2.45) is 0 Å². The van der Waals surface area contributed by atoms with Gasteiger partial charge in [-0.2, -0.15) is 0 Å². The first-order valence-corrected chi connectivity index (χ1v) is 5.72. The molecule has 0 bridgehead atoms. The van der Waals surface area contributed by atoms with Crippen molar-refractivity contribution in [1.82, 2.24) is 4.98 Å². The molecule has 0 saturated carbocycles. The second-order valence-electron chi connectivity index (χ2n) is 4.17. The normalized spacial score (nSPS) is 10.1. The zero-order chi connectivity index (χ0) is 14.7. The fourth-order valence-corrected chi connectivity index (χ4v) is 1.64. The molecule has 0 unspecified atom stereocenters. The van der Waals surface area contributed by atoms with Crippen LogP contribution in [0.15, 0.2) is 41.3 Å². The van der Waals surface area contributed by atoms with Crippen LogP contribution in [0.5, 0.6) is 0 Å². The van der Waals surface area contributed by atoms with E-state index in [1.54, 1.807) is 13.0 Å². The fourth-order valence-electron chi connectivity index (χ4n) is 1.64. The molecule has 1 amide bonds. The van der Waals surface area contributed by atoms with Crippen molar-refractivity contribution in [3.05, 3.63) is 68.1 Å². The Hall–Kier alpha value is -2.96. The molecule has 0 radical (unpaired) electrons. The monoisotopic (exact) mass is 273 g/mol. The van der Waals surface area contributed by atoms with Gasteiger partial charge >= 0.3 is 0 Å². The van der Waals surface area contributed by atoms with Crippen LogP contribution < -0.4 is 10.9 Å². The molecule has 7 nitrogen and oxygen atoms in total. The van der Waals surface area contributed by atoms with Crippen molar-refractivity contribution in [1.29, 1.82) is 0 Å². The molecule has 0 fully saturated rings. The molecule has 1 aromatic carbocycles. The zero-order valence-electron chi connectivity index (χ0n) is 10.5. The number of carbonyl (C=O) groups is 1. The number of hydrogen-bond acceptors (Lipinski definition) is 4. The molecule has 0 aliphatic rings. The van der Waals surface area contributed by atoms with Crippen molar-refractivity contribution >= 4 is 17.3 Å². The summed E-state index contributed by atoms with van der Waals surface area (Å²) < 4.78 is 0. The highest BCUT2D eigenvalue weighted by Crippen LogP contribution is 2.25. The van der Waals surface area contributed by atoms with Gasteiger partial charge in [-0.15, -0.1) is 0 Å². The molecule has 0 atom stereocenters. The summed E-state index contributed by atoms with van der Waals surface area (Å²) in [4.78, 5) is 35.6. The lowest BCUT2D eigenvalue weighted by Crippen LogP contribution is -2.15. The van der Waals surface area contributed by atoms with E-state index in [1.807, 2.05) is 0 Å². The van der Waals surface area contributed by atoms with Gasteiger partial charge in [0, 0.05) is 18.3 Å². The number of hydrogen-bond donors (Lipinski definition) is 2. The molecule has 1 aromatic heterocycles. The van der Waals surface area contributed by atoms with Crippen LogP contribution in [0.3, 0.4) is 0 Å². The highest BCUT2D eigenvalue weighted by atomic mass is 16.6. The highest BCUT2D eigenvalue weighted by Gasteiger charge is 2.16. The number of benzene rings is 1. The maximum atomic E-state index is 11.9. The van der Waals surface area contributed by atoms with Gasteiger partial charge < -0.3 is 10.3 Å². The maximum Gasteiger partial charge on any atom is 0.293 e. The van der Waals surface area contributed by atoms with Crippen LogP contribution in [0.4, 0.5) is 11.4 Å². The number of nitrogens with one attached hydrogen (secondary N) is 2. The summed E-state index contributed by atoms with van der Waals surface area (Å²) in [5.74, 6) is -0.534. The average Bonchev–Trinajstić information content (AvgIpc) is 2.41. The minimum atomic E-state index is -0.560. The number of nitrogens with zero attached hydrogens (tertiary/aromatic N) is 1. The minimum Gasteiger partial charge on any atom is -0.328 e. The number of H-pyrrole nitrogens is 1. The Labute approximate surface area is 113 Å². The Kier molecular flexibility index (Phi) is 3.60. The molecular weight excluding hydrogens is 262 g/mol. The van der Waals surface area contributed by atoms with Gasteiger partial charge in [-0.3, -0.25) is 19.7 Å². The van der Waals surface area contributed by atoms with Crippen LogP contribution in [0.1, 0.15) is 15.9 Å². The van der Waals surface area contributed by atoms with E-state index >= 15 is 0 Å². The minimum absolute atomic E-state index is 0.108. The summed E-state index contributed by atoms with van der Waals surface area (Å²) in [5.41, 5.74) is 0.528. The number of carbonyl (C=O) groups excluding carboxylic acids is 1. The van der Waals surface area contributed by atoms with E-state index in [2.05, 4.69) is 10.3 Å². The van der Waals surface area contributed by atoms with Gasteiger partial charge in [-0.05, 0) is 24.6 Å². The van der Waals surface area contributed by atoms with Crippen LogP contribution in [-0.4, -0.2) is 15.8 Å². The van der Waals surface area contributed by atoms with Crippen LogP contribution in [0.25, 0.3) is 0 Å². The van der Waals surface area contributed by atoms with Crippen molar-refractivity contribution < 1.29 is 9.72 Å². The van der Waals surface area contributed by atoms with Crippen LogP contribution in [0, 0.1) is 17.0 Å². The number of amides is 1. The summed E-state index contributed by atoms with van der Waals surface area (Å²) in [6, 6.07) is 7.06. The number of aryl methyl sites for hydroxylation is 1. The molecule has 2 aromatic rings. The zero-order valence-corrected chi connectivity index (χ0v) is 10.5. The molecule has 7 heteroatoms. The Morgan fingerprint density at radius 1 is 1.30 bits per heavy atom. The number of nitro benzene ring substituents is 1. The number of aromatic amines is 1. The van der Waals surface area contributed by atoms with Crippen molar-refractivity contribution in [2.45, 2.75) is 6.92 Å². The first-order valence-electron chi connectivity index (χ1n) is 5.72. The van der Waals surface area contributed by atoms with Gasteiger partial charge in [0.25, 0.3) is 11.6 Å². The standard InChI is InChI=1S/C13H11N3O4/c1-8-2-4-10(11(6-8)16(19)20)15-13(18)9-3-5-12(17)14-7-9/h2-7H,1H3,(H,14,17)(H,15,18). The van der Waals surface area contributed by atoms with E-state index in [9.17, 15) is 19.7 Å². The van der Waals surface area contributed by atoms with Gasteiger partial charge in [0.2, 0.25) is 5.56 Å². The van der Waals surface area contributed by atoms with Crippen LogP contribution in [0.2, 0.25) is 0 Å². The second kappa shape index (κ2) is 5.35. The second-order valence-corrected chi connectivity index (χ2v) is 4.17. The molecule has 20 heavy (non-hydrogen) atoms. The average molecular weight is 273 g/mol. The molecule has 0 spiro atoms. The summed E-state index contributed by atoms with van der Waals surface area (Å²) in [7, 11) is 0. The van der Waals surface area contributed by atoms with Gasteiger partial charge in [0.15, 0.2) is 0 Å². The largest absolute Gasteiger partial charge is 0.328 e. The number of nitro groups is 1. The quantitative estimate of drug-likeness (QED) is 0.657. The van der Waals surface area contributed by atoms with Gasteiger partial charge in [0.1, 0.15) is 5.69 Å². The van der Waals surface area contributed by atoms with Gasteiger partial charge in [0.05, 0.1) is 10.5 Å². The molecule has 2 rings (SSSR count). The third-order valence-corrected chi connectivity index (χ3v) is 2.64. The Balaban J connectivity index is 2.30. The molecule has 0 saturated heterocycles. The molecule has 0 aliphatic carbocycles. The highest BCUT2D eigenvalue weighted by molar-refractivity contribution is 6.05. The maximum absolute atomic E-state index is 11.9. The van der Waals surface area contributed by atoms with E-state index < -0.39 is 10.8 Å². The van der Waals surface area contributed by atoms with E-state index in [0.717, 1.165) is 5.56 Å². The van der Waals surface area contributed by atoms with E-state index in [1.165, 1.54) is 30.5 Å². The summed E-state index contributed by atoms with van der Waals surface area (Å²) in [5, 5.41) is 13.4. The number of anilines is 1. The van der Waals surface area contributed by atoms with E-state index in [4.69, 9.17) is 0 Å².